The van der Waals surface area contributed by atoms with E-state index in [-0.39, 0.29) is 22.5 Å². The second kappa shape index (κ2) is 10.2. The predicted octanol–water partition coefficient (Wildman–Crippen LogP) is 1.01. The van der Waals surface area contributed by atoms with E-state index in [0.29, 0.717) is 0 Å². The van der Waals surface area contributed by atoms with Crippen molar-refractivity contribution in [3.8, 4) is 0 Å². The lowest BCUT2D eigenvalue weighted by Gasteiger charge is -2.11. The van der Waals surface area contributed by atoms with E-state index in [4.69, 9.17) is 9.47 Å². The van der Waals surface area contributed by atoms with Gasteiger partial charge in [-0.25, -0.2) is 26.4 Å². The average Bonchev–Trinajstić information content (AvgIpc) is 2.68. The van der Waals surface area contributed by atoms with E-state index >= 15 is 0 Å². The number of carbonyl (C=O) groups excluding carboxylic acids is 3. The monoisotopic (exact) mass is 484 g/mol. The van der Waals surface area contributed by atoms with Crippen molar-refractivity contribution in [2.45, 2.75) is 0 Å². The summed E-state index contributed by atoms with van der Waals surface area (Å²) in [6.45, 7) is -1.47. The molecule has 32 heavy (non-hydrogen) atoms. The normalized spacial score (nSPS) is 11.3. The fraction of sp³-hybridized carbons (Fsp3) is 0.211. The summed E-state index contributed by atoms with van der Waals surface area (Å²) in [6.07, 6.45) is 1.83. The highest BCUT2D eigenvalue weighted by Gasteiger charge is 2.19. The van der Waals surface area contributed by atoms with Crippen LogP contribution in [0.4, 0.5) is 11.4 Å². The first kappa shape index (κ1) is 24.8. The molecule has 0 fully saturated rings. The molecule has 0 aliphatic heterocycles. The minimum atomic E-state index is -3.65. The van der Waals surface area contributed by atoms with Crippen molar-refractivity contribution in [2.75, 3.05) is 35.2 Å². The zero-order valence-electron chi connectivity index (χ0n) is 17.0. The molecule has 0 spiro atoms. The van der Waals surface area contributed by atoms with E-state index < -0.39 is 51.0 Å². The Morgan fingerprint density at radius 2 is 1.03 bits per heavy atom. The Bertz CT molecular complexity index is 1140. The number of Topliss-reactive ketones (excluding diaryl/α,β-unsaturated/α-hetero) is 1. The second-order valence-electron chi connectivity index (χ2n) is 6.53. The lowest BCUT2D eigenvalue weighted by molar-refractivity contribution is -0.125. The van der Waals surface area contributed by atoms with Crippen LogP contribution in [-0.4, -0.2) is 60.3 Å². The molecule has 13 heteroatoms. The Labute approximate surface area is 184 Å². The maximum atomic E-state index is 12.2. The Balaban J connectivity index is 1.95. The fourth-order valence-electron chi connectivity index (χ4n) is 2.39. The molecule has 0 radical (unpaired) electrons. The van der Waals surface area contributed by atoms with Gasteiger partial charge in [0.1, 0.15) is 0 Å². The molecule has 0 aliphatic carbocycles. The van der Waals surface area contributed by atoms with E-state index in [1.54, 1.807) is 0 Å². The Hall–Kier alpha value is -3.45. The van der Waals surface area contributed by atoms with Gasteiger partial charge in [-0.3, -0.25) is 14.2 Å². The standard InChI is InChI=1S/C19H20N2O9S2/c1-31(25,26)20-16-9-5-3-7-14(16)18(23)29-11-13(22)12-30-19(24)15-8-4-6-10-17(15)21-32(2,27)28/h3-10,20-21H,11-12H2,1-2H3. The number of para-hydroxylation sites is 2. The SMILES string of the molecule is CS(=O)(=O)Nc1ccccc1C(=O)OCC(=O)COC(=O)c1ccccc1NS(C)(=O)=O. The number of anilines is 2. The van der Waals surface area contributed by atoms with Gasteiger partial charge in [0.05, 0.1) is 35.0 Å². The highest BCUT2D eigenvalue weighted by Crippen LogP contribution is 2.18. The number of hydrogen-bond acceptors (Lipinski definition) is 9. The molecule has 2 rings (SSSR count). The molecule has 11 nitrogen and oxygen atoms in total. The van der Waals surface area contributed by atoms with Crippen molar-refractivity contribution in [3.05, 3.63) is 59.7 Å². The van der Waals surface area contributed by atoms with Gasteiger partial charge in [-0.2, -0.15) is 0 Å². The van der Waals surface area contributed by atoms with E-state index in [9.17, 15) is 31.2 Å². The number of benzene rings is 2. The van der Waals surface area contributed by atoms with Crippen molar-refractivity contribution in [1.29, 1.82) is 0 Å². The van der Waals surface area contributed by atoms with E-state index in [1.165, 1.54) is 48.5 Å². The van der Waals surface area contributed by atoms with Crippen molar-refractivity contribution < 1.29 is 40.7 Å². The lowest BCUT2D eigenvalue weighted by Crippen LogP contribution is -2.22. The Kier molecular flexibility index (Phi) is 7.94. The number of nitrogens with one attached hydrogen (secondary N) is 2. The summed E-state index contributed by atoms with van der Waals surface area (Å²) in [7, 11) is -7.30. The van der Waals surface area contributed by atoms with E-state index in [1.807, 2.05) is 0 Å². The van der Waals surface area contributed by atoms with Crippen LogP contribution >= 0.6 is 0 Å². The number of sulfonamides is 2. The van der Waals surface area contributed by atoms with Gasteiger partial charge in [-0.05, 0) is 24.3 Å². The number of carbonyl (C=O) groups is 3. The zero-order valence-corrected chi connectivity index (χ0v) is 18.7. The molecule has 0 amide bonds. The van der Waals surface area contributed by atoms with Crippen LogP contribution in [0.1, 0.15) is 20.7 Å². The van der Waals surface area contributed by atoms with Crippen LogP contribution in [0.15, 0.2) is 48.5 Å². The molecule has 0 aliphatic rings. The molecule has 2 N–H and O–H groups in total. The largest absolute Gasteiger partial charge is 0.454 e. The molecule has 0 heterocycles. The van der Waals surface area contributed by atoms with Crippen LogP contribution in [0.5, 0.6) is 0 Å². The number of ether oxygens (including phenoxy) is 2. The molecule has 0 aromatic heterocycles. The second-order valence-corrected chi connectivity index (χ2v) is 10.0. The van der Waals surface area contributed by atoms with Crippen LogP contribution in [0.25, 0.3) is 0 Å². The summed E-state index contributed by atoms with van der Waals surface area (Å²) >= 11 is 0. The van der Waals surface area contributed by atoms with E-state index in [2.05, 4.69) is 9.44 Å². The van der Waals surface area contributed by atoms with Gasteiger partial charge in [0.2, 0.25) is 25.8 Å². The van der Waals surface area contributed by atoms with Crippen LogP contribution in [-0.2, 0) is 34.3 Å². The van der Waals surface area contributed by atoms with Gasteiger partial charge in [0.15, 0.2) is 13.2 Å². The van der Waals surface area contributed by atoms with Crippen LogP contribution in [0, 0.1) is 0 Å². The summed E-state index contributed by atoms with van der Waals surface area (Å²) in [5.41, 5.74) is -0.255. The topological polar surface area (TPSA) is 162 Å². The maximum Gasteiger partial charge on any atom is 0.340 e. The molecule has 0 bridgehead atoms. The molecule has 0 saturated carbocycles. The van der Waals surface area contributed by atoms with Crippen LogP contribution in [0.2, 0.25) is 0 Å². The van der Waals surface area contributed by atoms with Gasteiger partial charge in [-0.15, -0.1) is 0 Å². The lowest BCUT2D eigenvalue weighted by atomic mass is 10.2. The first-order valence-electron chi connectivity index (χ1n) is 8.85. The van der Waals surface area contributed by atoms with Crippen molar-refractivity contribution in [1.82, 2.24) is 0 Å². The third-order valence-electron chi connectivity index (χ3n) is 3.61. The Morgan fingerprint density at radius 1 is 0.688 bits per heavy atom. The number of esters is 2. The summed E-state index contributed by atoms with van der Waals surface area (Å²) < 4.78 is 59.7. The first-order chi connectivity index (χ1) is 14.9. The highest BCUT2D eigenvalue weighted by molar-refractivity contribution is 7.92. The molecule has 2 aromatic rings. The first-order valence-corrected chi connectivity index (χ1v) is 12.6. The third kappa shape index (κ3) is 8.00. The Morgan fingerprint density at radius 3 is 1.38 bits per heavy atom. The molecule has 2 aromatic carbocycles. The highest BCUT2D eigenvalue weighted by atomic mass is 32.2. The summed E-state index contributed by atoms with van der Waals surface area (Å²) in [5.74, 6) is -2.67. The van der Waals surface area contributed by atoms with Crippen molar-refractivity contribution in [3.63, 3.8) is 0 Å². The number of hydrogen-bond donors (Lipinski definition) is 2. The molecule has 0 unspecified atom stereocenters. The third-order valence-corrected chi connectivity index (χ3v) is 4.79. The maximum absolute atomic E-state index is 12.2. The molecule has 0 atom stereocenters. The quantitative estimate of drug-likeness (QED) is 0.469. The molecular weight excluding hydrogens is 464 g/mol. The van der Waals surface area contributed by atoms with Crippen LogP contribution < -0.4 is 9.44 Å². The van der Waals surface area contributed by atoms with Gasteiger partial charge in [-0.1, -0.05) is 24.3 Å². The number of rotatable bonds is 10. The van der Waals surface area contributed by atoms with E-state index in [0.717, 1.165) is 12.5 Å². The van der Waals surface area contributed by atoms with Gasteiger partial charge in [0, 0.05) is 0 Å². The average molecular weight is 485 g/mol. The molecular formula is C19H20N2O9S2. The minimum absolute atomic E-state index is 0.0196. The zero-order chi connectivity index (χ0) is 23.9. The minimum Gasteiger partial charge on any atom is -0.454 e. The summed E-state index contributed by atoms with van der Waals surface area (Å²) in [5, 5.41) is 0. The fourth-order valence-corrected chi connectivity index (χ4v) is 3.54. The molecule has 172 valence electrons. The van der Waals surface area contributed by atoms with Crippen molar-refractivity contribution >= 4 is 49.1 Å². The van der Waals surface area contributed by atoms with Gasteiger partial charge < -0.3 is 9.47 Å². The summed E-state index contributed by atoms with van der Waals surface area (Å²) in [6, 6.07) is 11.3. The van der Waals surface area contributed by atoms with Crippen LogP contribution in [0.3, 0.4) is 0 Å². The number of ketones is 1. The van der Waals surface area contributed by atoms with Gasteiger partial charge >= 0.3 is 11.9 Å². The van der Waals surface area contributed by atoms with Crippen molar-refractivity contribution in [2.24, 2.45) is 0 Å². The molecule has 0 saturated heterocycles. The van der Waals surface area contributed by atoms with Gasteiger partial charge in [0.25, 0.3) is 0 Å². The smallest absolute Gasteiger partial charge is 0.340 e. The predicted molar refractivity (Wildman–Crippen MR) is 115 cm³/mol. The summed E-state index contributed by atoms with van der Waals surface area (Å²) in [4.78, 5) is 36.4.